The molecule has 0 spiro atoms. The van der Waals surface area contributed by atoms with E-state index < -0.39 is 39.0 Å². The molecule has 6 rings (SSSR count). The van der Waals surface area contributed by atoms with E-state index in [0.29, 0.717) is 23.6 Å². The number of nitrogens with one attached hydrogen (secondary N) is 1. The van der Waals surface area contributed by atoms with Gasteiger partial charge in [0, 0.05) is 24.0 Å². The molecule has 37 heavy (non-hydrogen) atoms. The van der Waals surface area contributed by atoms with E-state index >= 15 is 4.39 Å². The van der Waals surface area contributed by atoms with Crippen molar-refractivity contribution in [1.29, 1.82) is 0 Å². The Labute approximate surface area is 216 Å². The number of carbonyl (C=O) groups excluding carboxylic acids is 1. The Morgan fingerprint density at radius 3 is 2.70 bits per heavy atom. The summed E-state index contributed by atoms with van der Waals surface area (Å²) in [5.74, 6) is -2.09. The van der Waals surface area contributed by atoms with E-state index in [-0.39, 0.29) is 46.6 Å². The van der Waals surface area contributed by atoms with Crippen LogP contribution < -0.4 is 16.0 Å². The highest BCUT2D eigenvalue weighted by Crippen LogP contribution is 2.44. The van der Waals surface area contributed by atoms with Crippen LogP contribution in [0.5, 0.6) is 0 Å². The number of halogens is 2. The molecule has 3 unspecified atom stereocenters. The van der Waals surface area contributed by atoms with Crippen molar-refractivity contribution in [3.05, 3.63) is 58.7 Å². The number of nitrogens with zero attached hydrogens (tertiary/aromatic N) is 3. The van der Waals surface area contributed by atoms with E-state index in [1.807, 2.05) is 6.92 Å². The topological polar surface area (TPSA) is 141 Å². The molecule has 3 N–H and O–H groups in total. The van der Waals surface area contributed by atoms with Crippen LogP contribution in [0.15, 0.2) is 45.7 Å². The molecule has 194 valence electrons. The molecule has 0 aliphatic carbocycles. The van der Waals surface area contributed by atoms with Crippen molar-refractivity contribution in [3.63, 3.8) is 0 Å². The Bertz CT molecular complexity index is 1510. The van der Waals surface area contributed by atoms with E-state index in [9.17, 15) is 13.2 Å². The molecule has 2 aromatic carbocycles. The highest BCUT2D eigenvalue weighted by atomic mass is 35.5. The van der Waals surface area contributed by atoms with E-state index in [0.717, 1.165) is 6.07 Å². The molecule has 2 fully saturated rings. The summed E-state index contributed by atoms with van der Waals surface area (Å²) in [4.78, 5) is 14.1. The first kappa shape index (κ1) is 24.4. The zero-order valence-electron chi connectivity index (χ0n) is 19.6. The number of hydrogen-bond acceptors (Lipinski definition) is 9. The lowest BCUT2D eigenvalue weighted by Crippen LogP contribution is -2.45. The van der Waals surface area contributed by atoms with Gasteiger partial charge < -0.3 is 25.1 Å². The second-order valence-corrected chi connectivity index (χ2v) is 12.1. The van der Waals surface area contributed by atoms with Crippen LogP contribution in [0.2, 0.25) is 5.02 Å². The number of fused-ring (bicyclic) bond motifs is 3. The number of sulfone groups is 1. The van der Waals surface area contributed by atoms with Crippen LogP contribution in [-0.2, 0) is 31.5 Å². The van der Waals surface area contributed by atoms with Gasteiger partial charge in [0.2, 0.25) is 11.8 Å². The van der Waals surface area contributed by atoms with Crippen LogP contribution in [0.25, 0.3) is 11.5 Å². The van der Waals surface area contributed by atoms with Gasteiger partial charge in [-0.15, -0.1) is 10.2 Å². The third-order valence-corrected chi connectivity index (χ3v) is 9.18. The second kappa shape index (κ2) is 8.57. The molecule has 1 aromatic heterocycles. The molecule has 10 nitrogen and oxygen atoms in total. The van der Waals surface area contributed by atoms with Crippen molar-refractivity contribution < 1.29 is 26.8 Å². The largest absolute Gasteiger partial charge is 0.417 e. The Morgan fingerprint density at radius 1 is 1.27 bits per heavy atom. The third-order valence-electron chi connectivity index (χ3n) is 7.13. The molecule has 3 aliphatic heterocycles. The lowest BCUT2D eigenvalue weighted by Gasteiger charge is -2.26. The number of hydrogen-bond donors (Lipinski definition) is 2. The third kappa shape index (κ3) is 4.03. The molecule has 2 saturated heterocycles. The van der Waals surface area contributed by atoms with E-state index in [1.54, 1.807) is 24.3 Å². The summed E-state index contributed by atoms with van der Waals surface area (Å²) in [7, 11) is -4.08. The Balaban J connectivity index is 1.45. The quantitative estimate of drug-likeness (QED) is 0.502. The fraction of sp³-hybridized carbons (Fsp3) is 0.375. The summed E-state index contributed by atoms with van der Waals surface area (Å²) in [5, 5.41) is 12.0. The van der Waals surface area contributed by atoms with Crippen molar-refractivity contribution in [1.82, 2.24) is 15.5 Å². The summed E-state index contributed by atoms with van der Waals surface area (Å²) in [6.07, 6.45) is 0.595. The SMILES string of the molecule is CC1OC2(c3nnc(-c4cc5c(cc4F)S(=O)(=O)C[C@H](N)C(=O)N5Cc4ccc(Cl)cc4)o3)CNC1C2. The summed E-state index contributed by atoms with van der Waals surface area (Å²) >= 11 is 5.98. The highest BCUT2D eigenvalue weighted by molar-refractivity contribution is 7.91. The number of rotatable bonds is 4. The maximum absolute atomic E-state index is 15.4. The van der Waals surface area contributed by atoms with Crippen molar-refractivity contribution in [3.8, 4) is 11.5 Å². The van der Waals surface area contributed by atoms with Gasteiger partial charge in [-0.05, 0) is 36.8 Å². The predicted molar refractivity (Wildman–Crippen MR) is 131 cm³/mol. The molecule has 2 bridgehead atoms. The van der Waals surface area contributed by atoms with Gasteiger partial charge in [0.15, 0.2) is 15.4 Å². The molecule has 0 radical (unpaired) electrons. The first-order chi connectivity index (χ1) is 17.6. The normalized spacial score (nSPS) is 28.4. The van der Waals surface area contributed by atoms with Gasteiger partial charge in [-0.3, -0.25) is 4.79 Å². The Kier molecular flexibility index (Phi) is 5.66. The number of benzene rings is 2. The number of morpholine rings is 1. The lowest BCUT2D eigenvalue weighted by molar-refractivity contribution is -0.119. The van der Waals surface area contributed by atoms with Gasteiger partial charge in [0.05, 0.1) is 40.6 Å². The Morgan fingerprint density at radius 2 is 2.03 bits per heavy atom. The summed E-state index contributed by atoms with van der Waals surface area (Å²) in [5.41, 5.74) is 5.68. The first-order valence-corrected chi connectivity index (χ1v) is 13.7. The van der Waals surface area contributed by atoms with E-state index in [4.69, 9.17) is 26.5 Å². The molecular formula is C24H23ClFN5O5S. The minimum Gasteiger partial charge on any atom is -0.417 e. The molecule has 3 aromatic rings. The van der Waals surface area contributed by atoms with Crippen molar-refractivity contribution in [2.24, 2.45) is 5.73 Å². The van der Waals surface area contributed by atoms with Crippen LogP contribution in [0, 0.1) is 5.82 Å². The fourth-order valence-electron chi connectivity index (χ4n) is 5.20. The number of carbonyl (C=O) groups is 1. The number of anilines is 1. The predicted octanol–water partition coefficient (Wildman–Crippen LogP) is 2.15. The number of nitrogens with two attached hydrogens (primary N) is 1. The van der Waals surface area contributed by atoms with Gasteiger partial charge in [-0.2, -0.15) is 0 Å². The monoisotopic (exact) mass is 547 g/mol. The van der Waals surface area contributed by atoms with Crippen LogP contribution in [0.3, 0.4) is 0 Å². The molecule has 4 heterocycles. The molecule has 13 heteroatoms. The van der Waals surface area contributed by atoms with Crippen molar-refractivity contribution >= 4 is 33.0 Å². The molecular weight excluding hydrogens is 525 g/mol. The highest BCUT2D eigenvalue weighted by Gasteiger charge is 2.54. The van der Waals surface area contributed by atoms with Crippen molar-refractivity contribution in [2.45, 2.75) is 48.6 Å². The van der Waals surface area contributed by atoms with Gasteiger partial charge in [-0.25, -0.2) is 12.8 Å². The minimum atomic E-state index is -4.08. The number of ether oxygens (including phenoxy) is 1. The smallest absolute Gasteiger partial charge is 0.250 e. The van der Waals surface area contributed by atoms with Crippen molar-refractivity contribution in [2.75, 3.05) is 17.2 Å². The van der Waals surface area contributed by atoms with Crippen LogP contribution in [-0.4, -0.2) is 55.0 Å². The van der Waals surface area contributed by atoms with Gasteiger partial charge in [-0.1, -0.05) is 23.7 Å². The molecule has 1 amide bonds. The van der Waals surface area contributed by atoms with Crippen LogP contribution >= 0.6 is 11.6 Å². The van der Waals surface area contributed by atoms with Gasteiger partial charge >= 0.3 is 0 Å². The van der Waals surface area contributed by atoms with Gasteiger partial charge in [0.1, 0.15) is 5.82 Å². The average molecular weight is 548 g/mol. The standard InChI is InChI=1S/C24H23ClFN5O5S/c1-12-18-8-24(36-12,11-28-18)23-30-29-21(35-23)15-6-19-20(7-16(15)26)37(33,34)10-17(27)22(32)31(19)9-13-2-4-14(25)5-3-13/h2-7,12,17-18,28H,8-11,27H2,1H3/t12?,17-,18?,24?/m0/s1. The summed E-state index contributed by atoms with van der Waals surface area (Å²) in [6.45, 7) is 2.42. The number of aromatic nitrogens is 2. The van der Waals surface area contributed by atoms with Crippen LogP contribution in [0.4, 0.5) is 10.1 Å². The van der Waals surface area contributed by atoms with E-state index in [1.165, 1.54) is 11.0 Å². The lowest BCUT2D eigenvalue weighted by atomic mass is 10.0. The summed E-state index contributed by atoms with van der Waals surface area (Å²) in [6, 6.07) is 7.68. The molecule has 0 saturated carbocycles. The maximum atomic E-state index is 15.4. The second-order valence-electron chi connectivity index (χ2n) is 9.66. The Hall–Kier alpha value is -2.90. The van der Waals surface area contributed by atoms with Gasteiger partial charge in [0.25, 0.3) is 5.89 Å². The minimum absolute atomic E-state index is 0.00568. The average Bonchev–Trinajstić information content (AvgIpc) is 3.57. The number of amides is 1. The zero-order chi connectivity index (χ0) is 26.1. The maximum Gasteiger partial charge on any atom is 0.250 e. The van der Waals surface area contributed by atoms with E-state index in [2.05, 4.69) is 15.5 Å². The van der Waals surface area contributed by atoms with Crippen LogP contribution in [0.1, 0.15) is 24.8 Å². The first-order valence-electron chi connectivity index (χ1n) is 11.7. The summed E-state index contributed by atoms with van der Waals surface area (Å²) < 4.78 is 53.4. The fourth-order valence-corrected chi connectivity index (χ4v) is 6.90. The molecule has 4 atom stereocenters. The zero-order valence-corrected chi connectivity index (χ0v) is 21.2. The molecule has 3 aliphatic rings.